The summed E-state index contributed by atoms with van der Waals surface area (Å²) >= 11 is 0. The van der Waals surface area contributed by atoms with Gasteiger partial charge in [0, 0.05) is 20.6 Å². The van der Waals surface area contributed by atoms with Crippen LogP contribution in [0.2, 0.25) is 0 Å². The Morgan fingerprint density at radius 1 is 1.38 bits per heavy atom. The number of likely N-dealkylation sites (N-methyl/N-ethyl adjacent to an activating group) is 2. The van der Waals surface area contributed by atoms with Crippen LogP contribution in [0.25, 0.3) is 0 Å². The highest BCUT2D eigenvalue weighted by Gasteiger charge is 2.16. The van der Waals surface area contributed by atoms with Crippen LogP contribution in [0, 0.1) is 5.92 Å². The molecule has 1 N–H and O–H groups in total. The fraction of sp³-hybridized carbons (Fsp3) is 0.909. The standard InChI is InChI=1S/C11H23N3O.ClH/c1-13(2)11(15)9-14(3)8-10-5-4-6-12-7-10;/h10,12H,4-9H2,1-3H3;1H. The normalized spacial score (nSPS) is 20.4. The summed E-state index contributed by atoms with van der Waals surface area (Å²) in [5, 5.41) is 3.39. The smallest absolute Gasteiger partial charge is 0.236 e. The van der Waals surface area contributed by atoms with Crippen molar-refractivity contribution in [2.75, 3.05) is 47.3 Å². The number of piperidine rings is 1. The zero-order chi connectivity index (χ0) is 11.3. The molecule has 0 aromatic carbocycles. The molecule has 0 aliphatic carbocycles. The molecule has 96 valence electrons. The number of nitrogens with one attached hydrogen (secondary N) is 1. The molecule has 0 aromatic rings. The lowest BCUT2D eigenvalue weighted by molar-refractivity contribution is -0.129. The predicted octanol–water partition coefficient (Wildman–Crippen LogP) is 0.428. The van der Waals surface area contributed by atoms with E-state index in [-0.39, 0.29) is 18.3 Å². The minimum Gasteiger partial charge on any atom is -0.348 e. The van der Waals surface area contributed by atoms with Gasteiger partial charge in [0.25, 0.3) is 0 Å². The van der Waals surface area contributed by atoms with Gasteiger partial charge in [0.2, 0.25) is 5.91 Å². The monoisotopic (exact) mass is 249 g/mol. The largest absolute Gasteiger partial charge is 0.348 e. The molecular weight excluding hydrogens is 226 g/mol. The van der Waals surface area contributed by atoms with Gasteiger partial charge in [0.1, 0.15) is 0 Å². The quantitative estimate of drug-likeness (QED) is 0.785. The summed E-state index contributed by atoms with van der Waals surface area (Å²) in [6.07, 6.45) is 2.55. The molecule has 1 atom stereocenters. The van der Waals surface area contributed by atoms with Crippen LogP contribution in [0.3, 0.4) is 0 Å². The van der Waals surface area contributed by atoms with E-state index in [1.165, 1.54) is 12.8 Å². The summed E-state index contributed by atoms with van der Waals surface area (Å²) in [6, 6.07) is 0. The number of carbonyl (C=O) groups excluding carboxylic acids is 1. The fourth-order valence-corrected chi connectivity index (χ4v) is 1.96. The Morgan fingerprint density at radius 3 is 2.56 bits per heavy atom. The molecule has 0 radical (unpaired) electrons. The molecule has 4 nitrogen and oxygen atoms in total. The van der Waals surface area contributed by atoms with Crippen LogP contribution in [-0.2, 0) is 4.79 Å². The van der Waals surface area contributed by atoms with Gasteiger partial charge in [-0.25, -0.2) is 0 Å². The van der Waals surface area contributed by atoms with E-state index in [1.54, 1.807) is 19.0 Å². The second-order valence-electron chi connectivity index (χ2n) is 4.70. The number of hydrogen-bond acceptors (Lipinski definition) is 3. The van der Waals surface area contributed by atoms with Crippen molar-refractivity contribution >= 4 is 18.3 Å². The van der Waals surface area contributed by atoms with Gasteiger partial charge in [-0.1, -0.05) is 0 Å². The van der Waals surface area contributed by atoms with Gasteiger partial charge >= 0.3 is 0 Å². The summed E-state index contributed by atoms with van der Waals surface area (Å²) in [6.45, 7) is 3.80. The van der Waals surface area contributed by atoms with Gasteiger partial charge in [-0.3, -0.25) is 9.69 Å². The minimum atomic E-state index is 0. The van der Waals surface area contributed by atoms with Crippen LogP contribution >= 0.6 is 12.4 Å². The number of hydrogen-bond donors (Lipinski definition) is 1. The van der Waals surface area contributed by atoms with E-state index in [9.17, 15) is 4.79 Å². The molecule has 0 aromatic heterocycles. The van der Waals surface area contributed by atoms with Crippen molar-refractivity contribution in [2.45, 2.75) is 12.8 Å². The lowest BCUT2D eigenvalue weighted by Crippen LogP contribution is -2.40. The first-order chi connectivity index (χ1) is 7.09. The van der Waals surface area contributed by atoms with Gasteiger partial charge in [-0.2, -0.15) is 0 Å². The Balaban J connectivity index is 0.00000225. The molecule has 1 aliphatic heterocycles. The van der Waals surface area contributed by atoms with Gasteiger partial charge in [0.05, 0.1) is 6.54 Å². The first kappa shape index (κ1) is 15.7. The molecule has 1 aliphatic rings. The lowest BCUT2D eigenvalue weighted by atomic mass is 9.99. The third-order valence-electron chi connectivity index (χ3n) is 2.87. The third-order valence-corrected chi connectivity index (χ3v) is 2.87. The molecule has 1 fully saturated rings. The summed E-state index contributed by atoms with van der Waals surface area (Å²) in [7, 11) is 5.63. The second-order valence-corrected chi connectivity index (χ2v) is 4.70. The highest BCUT2D eigenvalue weighted by atomic mass is 35.5. The summed E-state index contributed by atoms with van der Waals surface area (Å²) in [5.41, 5.74) is 0. The van der Waals surface area contributed by atoms with Crippen LogP contribution in [0.1, 0.15) is 12.8 Å². The zero-order valence-electron chi connectivity index (χ0n) is 10.5. The van der Waals surface area contributed by atoms with E-state index in [1.807, 2.05) is 7.05 Å². The van der Waals surface area contributed by atoms with Crippen LogP contribution < -0.4 is 5.32 Å². The van der Waals surface area contributed by atoms with E-state index in [0.29, 0.717) is 12.5 Å². The van der Waals surface area contributed by atoms with E-state index in [4.69, 9.17) is 0 Å². The molecular formula is C11H24ClN3O. The van der Waals surface area contributed by atoms with Crippen LogP contribution in [0.5, 0.6) is 0 Å². The highest BCUT2D eigenvalue weighted by Crippen LogP contribution is 2.10. The maximum absolute atomic E-state index is 11.5. The van der Waals surface area contributed by atoms with Crippen molar-refractivity contribution in [3.8, 4) is 0 Å². The van der Waals surface area contributed by atoms with E-state index < -0.39 is 0 Å². The van der Waals surface area contributed by atoms with Crippen molar-refractivity contribution in [1.82, 2.24) is 15.1 Å². The maximum Gasteiger partial charge on any atom is 0.236 e. The van der Waals surface area contributed by atoms with Crippen molar-refractivity contribution in [3.05, 3.63) is 0 Å². The third kappa shape index (κ3) is 5.68. The highest BCUT2D eigenvalue weighted by molar-refractivity contribution is 5.85. The predicted molar refractivity (Wildman–Crippen MR) is 69.0 cm³/mol. The van der Waals surface area contributed by atoms with Crippen molar-refractivity contribution in [1.29, 1.82) is 0 Å². The Morgan fingerprint density at radius 2 is 2.06 bits per heavy atom. The molecule has 1 unspecified atom stereocenters. The lowest BCUT2D eigenvalue weighted by Gasteiger charge is -2.27. The molecule has 1 amide bonds. The van der Waals surface area contributed by atoms with Gasteiger partial charge < -0.3 is 10.2 Å². The Bertz CT molecular complexity index is 205. The molecule has 1 heterocycles. The Hall–Kier alpha value is -0.320. The van der Waals surface area contributed by atoms with E-state index in [0.717, 1.165) is 19.6 Å². The van der Waals surface area contributed by atoms with Crippen LogP contribution in [0.4, 0.5) is 0 Å². The van der Waals surface area contributed by atoms with Crippen molar-refractivity contribution < 1.29 is 4.79 Å². The summed E-state index contributed by atoms with van der Waals surface area (Å²) in [5.74, 6) is 0.889. The second kappa shape index (κ2) is 7.87. The summed E-state index contributed by atoms with van der Waals surface area (Å²) < 4.78 is 0. The molecule has 0 bridgehead atoms. The van der Waals surface area contributed by atoms with E-state index in [2.05, 4.69) is 10.2 Å². The SMILES string of the molecule is CN(CC(=O)N(C)C)CC1CCCNC1.Cl. The Kier molecular flexibility index (Phi) is 7.72. The number of nitrogens with zero attached hydrogens (tertiary/aromatic N) is 2. The molecule has 5 heteroatoms. The number of carbonyl (C=O) groups is 1. The molecule has 16 heavy (non-hydrogen) atoms. The van der Waals surface area contributed by atoms with Gasteiger partial charge in [-0.05, 0) is 38.9 Å². The van der Waals surface area contributed by atoms with Crippen molar-refractivity contribution in [3.63, 3.8) is 0 Å². The van der Waals surface area contributed by atoms with Gasteiger partial charge in [-0.15, -0.1) is 12.4 Å². The first-order valence-electron chi connectivity index (χ1n) is 5.69. The topological polar surface area (TPSA) is 35.6 Å². The van der Waals surface area contributed by atoms with Crippen LogP contribution in [0.15, 0.2) is 0 Å². The first-order valence-corrected chi connectivity index (χ1v) is 5.69. The summed E-state index contributed by atoms with van der Waals surface area (Å²) in [4.78, 5) is 15.2. The number of amides is 1. The molecule has 1 saturated heterocycles. The molecule has 0 spiro atoms. The van der Waals surface area contributed by atoms with Crippen LogP contribution in [-0.4, -0.2) is 63.0 Å². The molecule has 1 rings (SSSR count). The fourth-order valence-electron chi connectivity index (χ4n) is 1.96. The minimum absolute atomic E-state index is 0. The zero-order valence-corrected chi connectivity index (χ0v) is 11.3. The average molecular weight is 250 g/mol. The van der Waals surface area contributed by atoms with E-state index >= 15 is 0 Å². The van der Waals surface area contributed by atoms with Crippen molar-refractivity contribution in [2.24, 2.45) is 5.92 Å². The number of rotatable bonds is 4. The Labute approximate surface area is 105 Å². The maximum atomic E-state index is 11.5. The van der Waals surface area contributed by atoms with Gasteiger partial charge in [0.15, 0.2) is 0 Å². The average Bonchev–Trinajstić information content (AvgIpc) is 2.18. The molecule has 0 saturated carbocycles. The number of halogens is 1.